The first kappa shape index (κ1) is 31.2. The summed E-state index contributed by atoms with van der Waals surface area (Å²) < 4.78 is 19.9. The number of carboxylic acids is 1. The third-order valence-corrected chi connectivity index (χ3v) is 8.09. The van der Waals surface area contributed by atoms with Crippen molar-refractivity contribution < 1.29 is 28.3 Å². The molecule has 4 N–H and O–H groups in total. The molecule has 0 saturated carbocycles. The average Bonchev–Trinajstić information content (AvgIpc) is 3.33. The molecule has 0 radical (unpaired) electrons. The van der Waals surface area contributed by atoms with Crippen molar-refractivity contribution in [2.24, 2.45) is 0 Å². The maximum absolute atomic E-state index is 14.1. The standard InChI is InChI=1S/C33H35FN6O5/c1-20-21(2)30(45-28(20)13-12-26(35)23-7-3-5-9-25(23)34)31(41)37-22-11-14-29(36-19-22)39-15-17-40(18-16-39)33(44)38-27-10-6-4-8-24(27)32(42)43/h3-4,6-8,11-14,19,27,35H,5,9-10,15-18H2,1-2H3,(H,37,41)(H,38,44)(H,42,43). The number of hydrogen-bond acceptors (Lipinski definition) is 7. The van der Waals surface area contributed by atoms with Gasteiger partial charge in [0.2, 0.25) is 0 Å². The molecular weight excluding hydrogens is 579 g/mol. The molecule has 0 aromatic carbocycles. The molecule has 1 fully saturated rings. The second kappa shape index (κ2) is 13.6. The quantitative estimate of drug-likeness (QED) is 0.294. The highest BCUT2D eigenvalue weighted by Crippen LogP contribution is 2.26. The zero-order chi connectivity index (χ0) is 32.1. The molecule has 1 aliphatic heterocycles. The van der Waals surface area contributed by atoms with Crippen molar-refractivity contribution >= 4 is 41.2 Å². The number of nitrogens with one attached hydrogen (secondary N) is 3. The zero-order valence-electron chi connectivity index (χ0n) is 25.1. The van der Waals surface area contributed by atoms with E-state index in [-0.39, 0.29) is 40.9 Å². The van der Waals surface area contributed by atoms with Crippen molar-refractivity contribution in [2.45, 2.75) is 39.2 Å². The number of amides is 3. The number of pyridine rings is 1. The molecular formula is C33H35FN6O5. The topological polar surface area (TPSA) is 152 Å². The maximum Gasteiger partial charge on any atom is 0.333 e. The van der Waals surface area contributed by atoms with Gasteiger partial charge >= 0.3 is 12.0 Å². The van der Waals surface area contributed by atoms with E-state index in [1.807, 2.05) is 24.0 Å². The van der Waals surface area contributed by atoms with Gasteiger partial charge < -0.3 is 35.4 Å². The first-order valence-electron chi connectivity index (χ1n) is 14.7. The Labute approximate surface area is 260 Å². The molecule has 3 amide bonds. The molecule has 2 aromatic rings. The lowest BCUT2D eigenvalue weighted by atomic mass is 9.99. The number of aromatic nitrogens is 1. The molecule has 12 heteroatoms. The molecule has 1 unspecified atom stereocenters. The lowest BCUT2D eigenvalue weighted by molar-refractivity contribution is -0.133. The van der Waals surface area contributed by atoms with Crippen molar-refractivity contribution in [1.29, 1.82) is 5.41 Å². The minimum absolute atomic E-state index is 0.0302. The van der Waals surface area contributed by atoms with Crippen molar-refractivity contribution in [3.63, 3.8) is 0 Å². The predicted molar refractivity (Wildman–Crippen MR) is 169 cm³/mol. The van der Waals surface area contributed by atoms with Crippen LogP contribution in [-0.2, 0) is 4.79 Å². The third-order valence-electron chi connectivity index (χ3n) is 8.09. The second-order valence-corrected chi connectivity index (χ2v) is 11.0. The second-order valence-electron chi connectivity index (χ2n) is 11.0. The van der Waals surface area contributed by atoms with Crippen LogP contribution in [0.1, 0.15) is 46.7 Å². The molecule has 234 valence electrons. The van der Waals surface area contributed by atoms with Crippen LogP contribution in [0.3, 0.4) is 0 Å². The molecule has 45 heavy (non-hydrogen) atoms. The van der Waals surface area contributed by atoms with Crippen molar-refractivity contribution in [3.05, 3.63) is 94.4 Å². The predicted octanol–water partition coefficient (Wildman–Crippen LogP) is 5.32. The van der Waals surface area contributed by atoms with Gasteiger partial charge in [-0.05, 0) is 62.6 Å². The van der Waals surface area contributed by atoms with Crippen LogP contribution in [0.4, 0.5) is 20.7 Å². The maximum atomic E-state index is 14.1. The van der Waals surface area contributed by atoms with Crippen LogP contribution in [0.5, 0.6) is 0 Å². The van der Waals surface area contributed by atoms with Crippen molar-refractivity contribution in [3.8, 4) is 0 Å². The lowest BCUT2D eigenvalue weighted by Crippen LogP contribution is -2.54. The summed E-state index contributed by atoms with van der Waals surface area (Å²) in [7, 11) is 0. The summed E-state index contributed by atoms with van der Waals surface area (Å²) in [6.07, 6.45) is 14.4. The molecule has 2 aromatic heterocycles. The van der Waals surface area contributed by atoms with E-state index in [0.717, 1.165) is 5.56 Å². The molecule has 0 bridgehead atoms. The van der Waals surface area contributed by atoms with E-state index in [2.05, 4.69) is 15.6 Å². The molecule has 1 atom stereocenters. The van der Waals surface area contributed by atoms with Crippen LogP contribution in [-0.4, -0.2) is 70.8 Å². The van der Waals surface area contributed by atoms with E-state index in [9.17, 15) is 23.9 Å². The number of allylic oxidation sites excluding steroid dienone is 7. The number of anilines is 2. The Morgan fingerprint density at radius 2 is 1.91 bits per heavy atom. The smallest absolute Gasteiger partial charge is 0.333 e. The highest BCUT2D eigenvalue weighted by molar-refractivity contribution is 6.10. The van der Waals surface area contributed by atoms with E-state index in [4.69, 9.17) is 9.83 Å². The van der Waals surface area contributed by atoms with Gasteiger partial charge in [0, 0.05) is 43.7 Å². The van der Waals surface area contributed by atoms with Gasteiger partial charge in [0.1, 0.15) is 17.4 Å². The highest BCUT2D eigenvalue weighted by atomic mass is 19.1. The van der Waals surface area contributed by atoms with E-state index < -0.39 is 17.9 Å². The van der Waals surface area contributed by atoms with Crippen LogP contribution in [0.2, 0.25) is 0 Å². The zero-order valence-corrected chi connectivity index (χ0v) is 25.1. The molecule has 3 heterocycles. The van der Waals surface area contributed by atoms with Gasteiger partial charge in [0.05, 0.1) is 29.2 Å². The largest absolute Gasteiger partial charge is 0.478 e. The molecule has 5 rings (SSSR count). The summed E-state index contributed by atoms with van der Waals surface area (Å²) >= 11 is 0. The number of nitrogens with zero attached hydrogens (tertiary/aromatic N) is 3. The Bertz CT molecular complexity index is 1660. The number of piperazine rings is 1. The monoisotopic (exact) mass is 614 g/mol. The minimum Gasteiger partial charge on any atom is -0.478 e. The average molecular weight is 615 g/mol. The van der Waals surface area contributed by atoms with Gasteiger partial charge in [-0.25, -0.2) is 19.0 Å². The van der Waals surface area contributed by atoms with Crippen molar-refractivity contribution in [1.82, 2.24) is 15.2 Å². The minimum atomic E-state index is -1.05. The van der Waals surface area contributed by atoms with Gasteiger partial charge in [0.25, 0.3) is 5.91 Å². The molecule has 11 nitrogen and oxygen atoms in total. The number of hydrogen-bond donors (Lipinski definition) is 4. The normalized spacial score (nSPS) is 18.3. The fourth-order valence-electron chi connectivity index (χ4n) is 5.32. The van der Waals surface area contributed by atoms with Crippen LogP contribution in [0, 0.1) is 19.3 Å². The summed E-state index contributed by atoms with van der Waals surface area (Å²) in [5.41, 5.74) is 2.32. The number of carbonyl (C=O) groups is 3. The first-order valence-corrected chi connectivity index (χ1v) is 14.7. The fraction of sp³-hybridized carbons (Fsp3) is 0.303. The van der Waals surface area contributed by atoms with Crippen LogP contribution >= 0.6 is 0 Å². The van der Waals surface area contributed by atoms with Crippen molar-refractivity contribution in [2.75, 3.05) is 36.4 Å². The highest BCUT2D eigenvalue weighted by Gasteiger charge is 2.27. The molecule has 0 spiro atoms. The van der Waals surface area contributed by atoms with Gasteiger partial charge in [-0.15, -0.1) is 0 Å². The van der Waals surface area contributed by atoms with Crippen LogP contribution < -0.4 is 15.5 Å². The number of urea groups is 1. The number of carboxylic acid groups (broad SMARTS) is 1. The summed E-state index contributed by atoms with van der Waals surface area (Å²) in [5.74, 6) is -0.561. The number of rotatable bonds is 8. The summed E-state index contributed by atoms with van der Waals surface area (Å²) in [4.78, 5) is 45.5. The Balaban J connectivity index is 1.15. The van der Waals surface area contributed by atoms with Gasteiger partial charge in [-0.3, -0.25) is 4.79 Å². The Kier molecular flexibility index (Phi) is 9.41. The van der Waals surface area contributed by atoms with E-state index in [0.29, 0.717) is 61.8 Å². The summed E-state index contributed by atoms with van der Waals surface area (Å²) in [6, 6.07) is 2.66. The molecule has 2 aliphatic carbocycles. The number of carbonyl (C=O) groups excluding carboxylic acids is 2. The van der Waals surface area contributed by atoms with Gasteiger partial charge in [-0.1, -0.05) is 24.3 Å². The number of furan rings is 1. The summed E-state index contributed by atoms with van der Waals surface area (Å²) in [6.45, 7) is 5.55. The Hall–Kier alpha value is -5.26. The van der Waals surface area contributed by atoms with Gasteiger partial charge in [0.15, 0.2) is 5.76 Å². The van der Waals surface area contributed by atoms with E-state index >= 15 is 0 Å². The Morgan fingerprint density at radius 3 is 2.60 bits per heavy atom. The Morgan fingerprint density at radius 1 is 1.13 bits per heavy atom. The summed E-state index contributed by atoms with van der Waals surface area (Å²) in [5, 5.41) is 23.2. The first-order chi connectivity index (χ1) is 21.6. The molecule has 1 saturated heterocycles. The fourth-order valence-corrected chi connectivity index (χ4v) is 5.32. The van der Waals surface area contributed by atoms with Crippen LogP contribution in [0.25, 0.3) is 6.08 Å². The van der Waals surface area contributed by atoms with Gasteiger partial charge in [-0.2, -0.15) is 0 Å². The number of aliphatic carboxylic acids is 1. The third kappa shape index (κ3) is 7.11. The lowest BCUT2D eigenvalue weighted by Gasteiger charge is -2.36. The van der Waals surface area contributed by atoms with E-state index in [1.165, 1.54) is 12.2 Å². The number of halogens is 1. The SMILES string of the molecule is Cc1c(C=CC(=N)C2=C(F)CCC=C2)oc(C(=O)Nc2ccc(N3CCN(C(=O)NC4CC=CC=C4C(=O)O)CC3)nc2)c1C. The molecule has 3 aliphatic rings. The van der Waals surface area contributed by atoms with Crippen LogP contribution in [0.15, 0.2) is 76.2 Å². The van der Waals surface area contributed by atoms with E-state index in [1.54, 1.807) is 48.4 Å².